The van der Waals surface area contributed by atoms with Gasteiger partial charge in [-0.2, -0.15) is 8.42 Å². The molecule has 1 aromatic rings. The predicted octanol–water partition coefficient (Wildman–Crippen LogP) is 2.67. The second-order valence-corrected chi connectivity index (χ2v) is 6.91. The van der Waals surface area contributed by atoms with E-state index in [2.05, 4.69) is 18.5 Å². The second-order valence-electron chi connectivity index (χ2n) is 5.46. The molecule has 0 aromatic heterocycles. The molecule has 0 fully saturated rings. The van der Waals surface area contributed by atoms with E-state index in [1.165, 1.54) is 26.3 Å². The van der Waals surface area contributed by atoms with E-state index >= 15 is 0 Å². The van der Waals surface area contributed by atoms with Crippen LogP contribution in [0.5, 0.6) is 0 Å². The van der Waals surface area contributed by atoms with Crippen LogP contribution in [0, 0.1) is 0 Å². The second kappa shape index (κ2) is 8.51. The van der Waals surface area contributed by atoms with E-state index in [0.29, 0.717) is 0 Å². The topological polar surface area (TPSA) is 83.5 Å². The molecule has 0 unspecified atom stereocenters. The van der Waals surface area contributed by atoms with Crippen LogP contribution in [-0.2, 0) is 14.9 Å². The van der Waals surface area contributed by atoms with Crippen LogP contribution in [-0.4, -0.2) is 30.2 Å². The Morgan fingerprint density at radius 2 is 1.82 bits per heavy atom. The number of rotatable bonds is 5. The van der Waals surface area contributed by atoms with Crippen LogP contribution in [0.15, 0.2) is 49.1 Å². The van der Waals surface area contributed by atoms with E-state index in [0.717, 1.165) is 0 Å². The third-order valence-electron chi connectivity index (χ3n) is 2.42. The quantitative estimate of drug-likeness (QED) is 0.644. The first-order valence-corrected chi connectivity index (χ1v) is 8.18. The summed E-state index contributed by atoms with van der Waals surface area (Å²) in [5.41, 5.74) is 0.449. The number of benzene rings is 1. The molecule has 5 nitrogen and oxygen atoms in total. The van der Waals surface area contributed by atoms with Crippen LogP contribution in [0.3, 0.4) is 0 Å². The maximum absolute atomic E-state index is 11.2. The molecule has 0 heterocycles. The van der Waals surface area contributed by atoms with Crippen molar-refractivity contribution in [1.82, 2.24) is 5.32 Å². The lowest BCUT2D eigenvalue weighted by Crippen LogP contribution is -2.48. The van der Waals surface area contributed by atoms with Gasteiger partial charge in [0.15, 0.2) is 0 Å². The Balaban J connectivity index is 0.000000461. The lowest BCUT2D eigenvalue weighted by atomic mass is 10.1. The van der Waals surface area contributed by atoms with Crippen molar-refractivity contribution < 1.29 is 17.8 Å². The van der Waals surface area contributed by atoms with Crippen molar-refractivity contribution >= 4 is 22.1 Å². The van der Waals surface area contributed by atoms with Crippen molar-refractivity contribution in [3.05, 3.63) is 54.6 Å². The zero-order valence-electron chi connectivity index (χ0n) is 13.2. The molecule has 1 rings (SSSR count). The highest BCUT2D eigenvalue weighted by Crippen LogP contribution is 2.06. The molecule has 2 N–H and O–H groups in total. The number of hydrogen-bond acceptors (Lipinski definition) is 3. The lowest BCUT2D eigenvalue weighted by molar-refractivity contribution is -0.118. The Bertz CT molecular complexity index is 619. The van der Waals surface area contributed by atoms with Crippen LogP contribution >= 0.6 is 0 Å². The predicted molar refractivity (Wildman–Crippen MR) is 90.0 cm³/mol. The monoisotopic (exact) mass is 325 g/mol. The fraction of sp³-hybridized carbons (Fsp3) is 0.312. The molecular weight excluding hydrogens is 302 g/mol. The SMILES string of the molecule is C=C(C)C(=O)NC(C)(C)CS(=O)(=O)O.C=Cc1ccccc1. The van der Waals surface area contributed by atoms with E-state index in [9.17, 15) is 13.2 Å². The van der Waals surface area contributed by atoms with Gasteiger partial charge in [-0.3, -0.25) is 9.35 Å². The normalized spacial score (nSPS) is 10.9. The minimum atomic E-state index is -4.10. The fourth-order valence-corrected chi connectivity index (χ4v) is 2.48. The van der Waals surface area contributed by atoms with Gasteiger partial charge in [-0.1, -0.05) is 49.6 Å². The van der Waals surface area contributed by atoms with E-state index in [-0.39, 0.29) is 5.57 Å². The van der Waals surface area contributed by atoms with Gasteiger partial charge < -0.3 is 5.32 Å². The molecule has 0 bridgehead atoms. The molecule has 0 aliphatic carbocycles. The van der Waals surface area contributed by atoms with Crippen molar-refractivity contribution in [3.63, 3.8) is 0 Å². The Kier molecular flexibility index (Phi) is 7.76. The number of carbonyl (C=O) groups is 1. The standard InChI is InChI=1S/C8H15NO4S.C8H8/c1-6(2)7(10)9-8(3,4)5-14(11,12)13;1-2-8-6-4-3-5-7-8/h1,5H2,2-4H3,(H,9,10)(H,11,12,13);2-7H,1H2. The maximum Gasteiger partial charge on any atom is 0.267 e. The molecule has 0 radical (unpaired) electrons. The maximum atomic E-state index is 11.2. The molecule has 0 saturated carbocycles. The molecule has 0 spiro atoms. The number of nitrogens with one attached hydrogen (secondary N) is 1. The summed E-state index contributed by atoms with van der Waals surface area (Å²) >= 11 is 0. The largest absolute Gasteiger partial charge is 0.346 e. The van der Waals surface area contributed by atoms with Gasteiger partial charge in [-0.25, -0.2) is 0 Å². The van der Waals surface area contributed by atoms with Gasteiger partial charge in [0.05, 0.1) is 11.3 Å². The van der Waals surface area contributed by atoms with Gasteiger partial charge >= 0.3 is 0 Å². The van der Waals surface area contributed by atoms with Gasteiger partial charge in [-0.05, 0) is 26.3 Å². The van der Waals surface area contributed by atoms with Crippen molar-refractivity contribution in [3.8, 4) is 0 Å². The summed E-state index contributed by atoms with van der Waals surface area (Å²) in [5, 5.41) is 2.43. The van der Waals surface area contributed by atoms with E-state index < -0.39 is 27.3 Å². The van der Waals surface area contributed by atoms with E-state index in [1.807, 2.05) is 36.4 Å². The Morgan fingerprint density at radius 3 is 2.14 bits per heavy atom. The smallest absolute Gasteiger partial charge is 0.267 e. The molecule has 6 heteroatoms. The summed E-state index contributed by atoms with van der Waals surface area (Å²) in [6, 6.07) is 10.0. The fourth-order valence-electron chi connectivity index (χ4n) is 1.50. The van der Waals surface area contributed by atoms with Crippen molar-refractivity contribution in [2.75, 3.05) is 5.75 Å². The molecule has 1 aromatic carbocycles. The molecule has 0 aliphatic rings. The first-order valence-electron chi connectivity index (χ1n) is 6.57. The number of amides is 1. The van der Waals surface area contributed by atoms with Gasteiger partial charge in [0, 0.05) is 5.57 Å². The highest BCUT2D eigenvalue weighted by atomic mass is 32.2. The summed E-state index contributed by atoms with van der Waals surface area (Å²) in [4.78, 5) is 11.2. The van der Waals surface area contributed by atoms with Crippen LogP contribution in [0.2, 0.25) is 0 Å². The molecule has 0 aliphatic heterocycles. The first kappa shape index (κ1) is 20.1. The molecule has 22 heavy (non-hydrogen) atoms. The molecule has 0 saturated heterocycles. The highest BCUT2D eigenvalue weighted by molar-refractivity contribution is 7.85. The van der Waals surface area contributed by atoms with Crippen LogP contribution in [0.4, 0.5) is 0 Å². The zero-order chi connectivity index (χ0) is 17.4. The lowest BCUT2D eigenvalue weighted by Gasteiger charge is -2.24. The van der Waals surface area contributed by atoms with Crippen molar-refractivity contribution in [1.29, 1.82) is 0 Å². The molecule has 1 amide bonds. The van der Waals surface area contributed by atoms with Gasteiger partial charge in [0.25, 0.3) is 10.1 Å². The Morgan fingerprint density at radius 1 is 1.32 bits per heavy atom. The van der Waals surface area contributed by atoms with Crippen molar-refractivity contribution in [2.45, 2.75) is 26.3 Å². The summed E-state index contributed by atoms with van der Waals surface area (Å²) in [6.07, 6.45) is 1.83. The highest BCUT2D eigenvalue weighted by Gasteiger charge is 2.26. The molecular formula is C16H23NO4S. The third-order valence-corrected chi connectivity index (χ3v) is 3.50. The molecule has 0 atom stereocenters. The van der Waals surface area contributed by atoms with E-state index in [1.54, 1.807) is 0 Å². The zero-order valence-corrected chi connectivity index (χ0v) is 14.0. The summed E-state index contributed by atoms with van der Waals surface area (Å²) in [6.45, 7) is 11.6. The minimum Gasteiger partial charge on any atom is -0.346 e. The summed E-state index contributed by atoms with van der Waals surface area (Å²) < 4.78 is 29.8. The van der Waals surface area contributed by atoms with Gasteiger partial charge in [-0.15, -0.1) is 0 Å². The van der Waals surface area contributed by atoms with Crippen LogP contribution < -0.4 is 5.32 Å². The summed E-state index contributed by atoms with van der Waals surface area (Å²) in [7, 11) is -4.10. The average Bonchev–Trinajstić information content (AvgIpc) is 2.36. The minimum absolute atomic E-state index is 0.286. The Hall–Kier alpha value is -1.92. The van der Waals surface area contributed by atoms with Crippen LogP contribution in [0.1, 0.15) is 26.3 Å². The Labute approximate surface area is 132 Å². The summed E-state index contributed by atoms with van der Waals surface area (Å²) in [5.74, 6) is -0.961. The van der Waals surface area contributed by atoms with Gasteiger partial charge in [0.2, 0.25) is 5.91 Å². The van der Waals surface area contributed by atoms with Crippen molar-refractivity contribution in [2.24, 2.45) is 0 Å². The average molecular weight is 325 g/mol. The molecule has 122 valence electrons. The van der Waals surface area contributed by atoms with E-state index in [4.69, 9.17) is 4.55 Å². The van der Waals surface area contributed by atoms with Gasteiger partial charge in [0.1, 0.15) is 0 Å². The number of carbonyl (C=O) groups excluding carboxylic acids is 1. The first-order chi connectivity index (χ1) is 9.97. The van der Waals surface area contributed by atoms with Crippen LogP contribution in [0.25, 0.3) is 6.08 Å². The number of hydrogen-bond donors (Lipinski definition) is 2. The third kappa shape index (κ3) is 9.90.